The molecule has 0 saturated carbocycles. The molecule has 0 unspecified atom stereocenters. The normalized spacial score (nSPS) is 19.4. The Bertz CT molecular complexity index is 456. The average molecular weight is 249 g/mol. The SMILES string of the molecule is CCOc1ccc(N2C(=O)C[C@H]([NH2+]C)C2=O)cc1. The van der Waals surface area contributed by atoms with Crippen LogP contribution < -0.4 is 15.0 Å². The van der Waals surface area contributed by atoms with Crippen molar-refractivity contribution in [3.63, 3.8) is 0 Å². The van der Waals surface area contributed by atoms with E-state index in [1.807, 2.05) is 6.92 Å². The smallest absolute Gasteiger partial charge is 0.292 e. The summed E-state index contributed by atoms with van der Waals surface area (Å²) in [7, 11) is 1.80. The van der Waals surface area contributed by atoms with Gasteiger partial charge in [-0.25, -0.2) is 4.90 Å². The molecule has 1 aromatic carbocycles. The summed E-state index contributed by atoms with van der Waals surface area (Å²) in [6, 6.07) is 6.71. The molecule has 1 aliphatic rings. The van der Waals surface area contributed by atoms with E-state index in [2.05, 4.69) is 0 Å². The minimum atomic E-state index is -0.288. The molecule has 0 spiro atoms. The molecule has 96 valence electrons. The lowest BCUT2D eigenvalue weighted by Crippen LogP contribution is -2.87. The Labute approximate surface area is 106 Å². The Balaban J connectivity index is 2.21. The van der Waals surface area contributed by atoms with Crippen molar-refractivity contribution >= 4 is 17.5 Å². The molecule has 2 rings (SSSR count). The first-order valence-electron chi connectivity index (χ1n) is 6.06. The highest BCUT2D eigenvalue weighted by Crippen LogP contribution is 2.24. The number of anilines is 1. The summed E-state index contributed by atoms with van der Waals surface area (Å²) >= 11 is 0. The van der Waals surface area contributed by atoms with Crippen molar-refractivity contribution in [1.29, 1.82) is 0 Å². The number of carbonyl (C=O) groups is 2. The Morgan fingerprint density at radius 1 is 1.33 bits per heavy atom. The summed E-state index contributed by atoms with van der Waals surface area (Å²) in [5.41, 5.74) is 0.609. The fourth-order valence-electron chi connectivity index (χ4n) is 2.05. The van der Waals surface area contributed by atoms with Gasteiger partial charge in [0.05, 0.1) is 25.8 Å². The van der Waals surface area contributed by atoms with E-state index in [1.165, 1.54) is 4.90 Å². The molecule has 2 amide bonds. The van der Waals surface area contributed by atoms with Gasteiger partial charge >= 0.3 is 0 Å². The van der Waals surface area contributed by atoms with E-state index in [1.54, 1.807) is 36.6 Å². The van der Waals surface area contributed by atoms with Gasteiger partial charge in [-0.1, -0.05) is 0 Å². The van der Waals surface area contributed by atoms with E-state index in [4.69, 9.17) is 4.74 Å². The number of quaternary nitrogens is 1. The molecular formula is C13H17N2O3+. The highest BCUT2D eigenvalue weighted by atomic mass is 16.5. The second-order valence-corrected chi connectivity index (χ2v) is 4.14. The van der Waals surface area contributed by atoms with Gasteiger partial charge in [-0.3, -0.25) is 9.59 Å². The van der Waals surface area contributed by atoms with Crippen LogP contribution in [0.4, 0.5) is 5.69 Å². The molecule has 0 aromatic heterocycles. The summed E-state index contributed by atoms with van der Waals surface area (Å²) in [5, 5.41) is 1.77. The molecule has 5 heteroatoms. The molecule has 2 N–H and O–H groups in total. The molecule has 1 fully saturated rings. The van der Waals surface area contributed by atoms with Gasteiger partial charge < -0.3 is 10.1 Å². The van der Waals surface area contributed by atoms with Crippen molar-refractivity contribution in [3.05, 3.63) is 24.3 Å². The van der Waals surface area contributed by atoms with Gasteiger partial charge in [0.1, 0.15) is 5.75 Å². The monoisotopic (exact) mass is 249 g/mol. The molecule has 0 bridgehead atoms. The van der Waals surface area contributed by atoms with Gasteiger partial charge in [0, 0.05) is 0 Å². The number of nitrogens with two attached hydrogens (primary N) is 1. The number of carbonyl (C=O) groups excluding carboxylic acids is 2. The number of hydrogen-bond donors (Lipinski definition) is 1. The quantitative estimate of drug-likeness (QED) is 0.759. The van der Waals surface area contributed by atoms with E-state index in [0.29, 0.717) is 12.3 Å². The minimum Gasteiger partial charge on any atom is -0.494 e. The third-order valence-corrected chi connectivity index (χ3v) is 2.99. The van der Waals surface area contributed by atoms with Crippen LogP contribution in [0.25, 0.3) is 0 Å². The van der Waals surface area contributed by atoms with Crippen LogP contribution in [0.2, 0.25) is 0 Å². The molecule has 0 radical (unpaired) electrons. The second kappa shape index (κ2) is 5.18. The second-order valence-electron chi connectivity index (χ2n) is 4.14. The summed E-state index contributed by atoms with van der Waals surface area (Å²) in [6.07, 6.45) is 0.266. The van der Waals surface area contributed by atoms with Crippen LogP contribution in [0.1, 0.15) is 13.3 Å². The van der Waals surface area contributed by atoms with E-state index in [0.717, 1.165) is 5.75 Å². The molecule has 1 atom stereocenters. The van der Waals surface area contributed by atoms with Crippen LogP contribution in [-0.4, -0.2) is 31.5 Å². The molecule has 1 heterocycles. The zero-order valence-corrected chi connectivity index (χ0v) is 10.6. The fraction of sp³-hybridized carbons (Fsp3) is 0.385. The van der Waals surface area contributed by atoms with Crippen molar-refractivity contribution in [2.75, 3.05) is 18.6 Å². The molecule has 1 aliphatic heterocycles. The van der Waals surface area contributed by atoms with Crippen molar-refractivity contribution in [1.82, 2.24) is 0 Å². The maximum atomic E-state index is 12.0. The molecular weight excluding hydrogens is 232 g/mol. The lowest BCUT2D eigenvalue weighted by atomic mass is 10.2. The molecule has 5 nitrogen and oxygen atoms in total. The zero-order chi connectivity index (χ0) is 13.1. The predicted octanol–water partition coefficient (Wildman–Crippen LogP) is -0.0896. The third-order valence-electron chi connectivity index (χ3n) is 2.99. The topological polar surface area (TPSA) is 63.2 Å². The van der Waals surface area contributed by atoms with Gasteiger partial charge in [0.25, 0.3) is 5.91 Å². The van der Waals surface area contributed by atoms with Crippen LogP contribution in [-0.2, 0) is 9.59 Å². The van der Waals surface area contributed by atoms with Crippen molar-refractivity contribution in [3.8, 4) is 5.75 Å². The number of amides is 2. The zero-order valence-electron chi connectivity index (χ0n) is 10.6. The lowest BCUT2D eigenvalue weighted by molar-refractivity contribution is -0.647. The van der Waals surface area contributed by atoms with Crippen molar-refractivity contribution in [2.45, 2.75) is 19.4 Å². The van der Waals surface area contributed by atoms with Crippen LogP contribution in [0, 0.1) is 0 Å². The van der Waals surface area contributed by atoms with Gasteiger partial charge in [-0.15, -0.1) is 0 Å². The van der Waals surface area contributed by atoms with E-state index < -0.39 is 0 Å². The number of hydrogen-bond acceptors (Lipinski definition) is 3. The maximum absolute atomic E-state index is 12.0. The number of benzene rings is 1. The standard InChI is InChI=1S/C13H16N2O3/c1-3-18-10-6-4-9(5-7-10)15-12(16)8-11(14-2)13(15)17/h4-7,11,14H,3,8H2,1-2H3/p+1/t11-/m0/s1. The summed E-state index contributed by atoms with van der Waals surface area (Å²) in [5.74, 6) is 0.442. The molecule has 1 saturated heterocycles. The van der Waals surface area contributed by atoms with Crippen LogP contribution in [0.3, 0.4) is 0 Å². The Hall–Kier alpha value is -1.88. The summed E-state index contributed by atoms with van der Waals surface area (Å²) < 4.78 is 5.32. The lowest BCUT2D eigenvalue weighted by Gasteiger charge is -2.14. The van der Waals surface area contributed by atoms with Crippen LogP contribution in [0.15, 0.2) is 24.3 Å². The number of ether oxygens (including phenoxy) is 1. The predicted molar refractivity (Wildman–Crippen MR) is 66.4 cm³/mol. The largest absolute Gasteiger partial charge is 0.494 e. The maximum Gasteiger partial charge on any atom is 0.292 e. The Kier molecular flexibility index (Phi) is 3.62. The highest BCUT2D eigenvalue weighted by molar-refractivity contribution is 6.21. The van der Waals surface area contributed by atoms with Crippen LogP contribution in [0.5, 0.6) is 5.75 Å². The molecule has 18 heavy (non-hydrogen) atoms. The molecule has 1 aromatic rings. The van der Waals surface area contributed by atoms with Crippen LogP contribution >= 0.6 is 0 Å². The first-order valence-corrected chi connectivity index (χ1v) is 6.06. The summed E-state index contributed by atoms with van der Waals surface area (Å²) in [6.45, 7) is 2.50. The van der Waals surface area contributed by atoms with E-state index >= 15 is 0 Å². The third kappa shape index (κ3) is 2.22. The minimum absolute atomic E-state index is 0.146. The fourth-order valence-corrected chi connectivity index (χ4v) is 2.05. The summed E-state index contributed by atoms with van der Waals surface area (Å²) in [4.78, 5) is 25.1. The van der Waals surface area contributed by atoms with Crippen molar-refractivity contribution in [2.24, 2.45) is 0 Å². The Morgan fingerprint density at radius 2 is 2.00 bits per heavy atom. The van der Waals surface area contributed by atoms with Gasteiger partial charge in [0.2, 0.25) is 5.91 Å². The number of likely N-dealkylation sites (N-methyl/N-ethyl adjacent to an activating group) is 1. The first-order chi connectivity index (χ1) is 8.67. The van der Waals surface area contributed by atoms with E-state index in [-0.39, 0.29) is 24.3 Å². The van der Waals surface area contributed by atoms with E-state index in [9.17, 15) is 9.59 Å². The number of imide groups is 1. The molecule has 0 aliphatic carbocycles. The van der Waals surface area contributed by atoms with Gasteiger partial charge in [0.15, 0.2) is 6.04 Å². The first kappa shape index (κ1) is 12.6. The number of nitrogens with zero attached hydrogens (tertiary/aromatic N) is 1. The van der Waals surface area contributed by atoms with Gasteiger partial charge in [-0.05, 0) is 31.2 Å². The van der Waals surface area contributed by atoms with Crippen molar-refractivity contribution < 1.29 is 19.6 Å². The highest BCUT2D eigenvalue weighted by Gasteiger charge is 2.41. The average Bonchev–Trinajstić information content (AvgIpc) is 2.66. The van der Waals surface area contributed by atoms with Gasteiger partial charge in [-0.2, -0.15) is 0 Å². The Morgan fingerprint density at radius 3 is 2.50 bits per heavy atom. The number of rotatable bonds is 4.